The van der Waals surface area contributed by atoms with Gasteiger partial charge in [0, 0.05) is 66.6 Å². The molecule has 9 nitrogen and oxygen atoms in total. The summed E-state index contributed by atoms with van der Waals surface area (Å²) < 4.78 is 32.8. The number of aryl methyl sites for hydroxylation is 1. The molecule has 1 N–H and O–H groups in total. The summed E-state index contributed by atoms with van der Waals surface area (Å²) in [5.41, 5.74) is 3.90. The number of imide groups is 1. The molecule has 3 heterocycles. The summed E-state index contributed by atoms with van der Waals surface area (Å²) in [6.07, 6.45) is 4.49. The zero-order valence-electron chi connectivity index (χ0n) is 31.6. The summed E-state index contributed by atoms with van der Waals surface area (Å²) in [5, 5.41) is 3.37. The summed E-state index contributed by atoms with van der Waals surface area (Å²) in [5.74, 6) is 1.41. The Labute approximate surface area is 330 Å². The number of nitrogens with zero attached hydrogens (tertiary/aromatic N) is 2. The van der Waals surface area contributed by atoms with E-state index in [0.29, 0.717) is 31.6 Å². The summed E-state index contributed by atoms with van der Waals surface area (Å²) in [4.78, 5) is 43.0. The van der Waals surface area contributed by atoms with Crippen LogP contribution in [-0.4, -0.2) is 80.4 Å². The van der Waals surface area contributed by atoms with Gasteiger partial charge < -0.3 is 19.1 Å². The maximum atomic E-state index is 13.7. The Morgan fingerprint density at radius 2 is 1.54 bits per heavy atom. The number of unbranched alkanes of at least 4 members (excludes halogenated alkanes) is 1. The van der Waals surface area contributed by atoms with Crippen LogP contribution in [0.5, 0.6) is 23.0 Å². The van der Waals surface area contributed by atoms with E-state index in [2.05, 4.69) is 27.2 Å². The molecule has 2 saturated heterocycles. The molecule has 0 radical (unpaired) electrons. The highest BCUT2D eigenvalue weighted by atomic mass is 32.1. The minimum absolute atomic E-state index is 0.0389. The fraction of sp³-hybridized carbons (Fsp3) is 0.356. The second-order valence-corrected chi connectivity index (χ2v) is 16.0. The molecular weight excluding hydrogens is 730 g/mol. The molecule has 2 aliphatic heterocycles. The number of hydrogen-bond acceptors (Lipinski definition) is 9. The molecule has 3 aliphatic rings. The zero-order valence-corrected chi connectivity index (χ0v) is 32.4. The molecule has 2 amide bonds. The summed E-state index contributed by atoms with van der Waals surface area (Å²) in [6.45, 7) is 6.65. The van der Waals surface area contributed by atoms with Gasteiger partial charge in [0.05, 0.1) is 12.0 Å². The number of carbonyl (C=O) groups excluding carboxylic acids is 3. The first-order valence-electron chi connectivity index (χ1n) is 19.5. The lowest BCUT2D eigenvalue weighted by atomic mass is 9.83. The van der Waals surface area contributed by atoms with Crippen LogP contribution in [-0.2, 0) is 22.4 Å². The number of hydrogen-bond donors (Lipinski definition) is 1. The number of benzene rings is 4. The van der Waals surface area contributed by atoms with Gasteiger partial charge in [0.1, 0.15) is 29.7 Å². The number of ketones is 1. The Hall–Kier alpha value is -5.10. The minimum Gasteiger partial charge on any atom is -0.497 e. The number of piperidine rings is 1. The SMILES string of the molecule is COc1ccc2c(Oc3ccc(OCCN4CCN(CCCCc5ccc6c(c5)CC(C5CCC(=O)NC5=O)C6=O)CC4)cc3)c(-c3ccc(F)cc3)sc2c1. The average Bonchev–Trinajstić information content (AvgIpc) is 3.73. The predicted molar refractivity (Wildman–Crippen MR) is 215 cm³/mol. The largest absolute Gasteiger partial charge is 0.497 e. The number of fused-ring (bicyclic) bond motifs is 2. The third-order valence-corrected chi connectivity index (χ3v) is 12.5. The van der Waals surface area contributed by atoms with Crippen LogP contribution in [0.25, 0.3) is 20.5 Å². The second kappa shape index (κ2) is 17.0. The second-order valence-electron chi connectivity index (χ2n) is 14.9. The third-order valence-electron chi connectivity index (χ3n) is 11.3. The molecule has 0 spiro atoms. The quantitative estimate of drug-likeness (QED) is 0.0898. The maximum absolute atomic E-state index is 13.7. The molecule has 2 unspecified atom stereocenters. The molecule has 56 heavy (non-hydrogen) atoms. The van der Waals surface area contributed by atoms with Gasteiger partial charge in [-0.15, -0.1) is 11.3 Å². The summed E-state index contributed by atoms with van der Waals surface area (Å²) >= 11 is 1.59. The van der Waals surface area contributed by atoms with Crippen molar-refractivity contribution in [3.8, 4) is 33.4 Å². The number of rotatable bonds is 14. The Morgan fingerprint density at radius 3 is 2.29 bits per heavy atom. The van der Waals surface area contributed by atoms with Crippen LogP contribution in [0.4, 0.5) is 4.39 Å². The Balaban J connectivity index is 0.754. The fourth-order valence-corrected chi connectivity index (χ4v) is 9.31. The van der Waals surface area contributed by atoms with Crippen molar-refractivity contribution in [1.29, 1.82) is 0 Å². The maximum Gasteiger partial charge on any atom is 0.230 e. The number of ether oxygens (including phenoxy) is 3. The highest BCUT2D eigenvalue weighted by Crippen LogP contribution is 2.47. The smallest absolute Gasteiger partial charge is 0.230 e. The van der Waals surface area contributed by atoms with Gasteiger partial charge in [-0.3, -0.25) is 24.6 Å². The van der Waals surface area contributed by atoms with E-state index >= 15 is 0 Å². The Morgan fingerprint density at radius 1 is 0.804 bits per heavy atom. The number of Topliss-reactive ketones (excluding diaryl/α,β-unsaturated/α-hetero) is 1. The van der Waals surface area contributed by atoms with Crippen LogP contribution in [0.1, 0.15) is 47.2 Å². The number of nitrogens with one attached hydrogen (secondary N) is 1. The van der Waals surface area contributed by atoms with E-state index in [0.717, 1.165) is 107 Å². The van der Waals surface area contributed by atoms with E-state index in [9.17, 15) is 18.8 Å². The summed E-state index contributed by atoms with van der Waals surface area (Å²) in [6, 6.07) is 26.2. The molecule has 0 saturated carbocycles. The molecule has 1 aliphatic carbocycles. The molecular formula is C45H46FN3O6S. The molecule has 2 fully saturated rings. The van der Waals surface area contributed by atoms with E-state index in [-0.39, 0.29) is 29.3 Å². The minimum atomic E-state index is -0.417. The fourth-order valence-electron chi connectivity index (χ4n) is 8.15. The summed E-state index contributed by atoms with van der Waals surface area (Å²) in [7, 11) is 1.65. The first kappa shape index (κ1) is 37.8. The van der Waals surface area contributed by atoms with Crippen molar-refractivity contribution in [2.24, 2.45) is 11.8 Å². The van der Waals surface area contributed by atoms with Crippen LogP contribution >= 0.6 is 11.3 Å². The molecule has 5 aromatic rings. The molecule has 11 heteroatoms. The van der Waals surface area contributed by atoms with Crippen molar-refractivity contribution >= 4 is 39.0 Å². The zero-order chi connectivity index (χ0) is 38.6. The van der Waals surface area contributed by atoms with E-state index in [1.165, 1.54) is 17.7 Å². The van der Waals surface area contributed by atoms with Crippen molar-refractivity contribution in [3.63, 3.8) is 0 Å². The van der Waals surface area contributed by atoms with Crippen molar-refractivity contribution in [3.05, 3.63) is 107 Å². The highest BCUT2D eigenvalue weighted by Gasteiger charge is 2.41. The topological polar surface area (TPSA) is 97.4 Å². The number of piperazine rings is 1. The molecule has 4 aromatic carbocycles. The van der Waals surface area contributed by atoms with Gasteiger partial charge in [0.2, 0.25) is 11.8 Å². The van der Waals surface area contributed by atoms with Crippen LogP contribution in [0.3, 0.4) is 0 Å². The standard InChI is InChI=1S/C45H46FN3O6S/c1-53-35-14-16-38-40(28-35)56-44(30-6-8-32(46)9-7-30)43(38)55-34-12-10-33(11-13-34)54-25-24-49-22-20-48(21-23-49)19-3-2-4-29-5-15-36-31(26-29)27-39(42(36)51)37-17-18-41(50)47-45(37)52/h5-16,26,28,37,39H,2-4,17-25,27H2,1H3,(H,47,50,52). The van der Waals surface area contributed by atoms with Gasteiger partial charge in [0.15, 0.2) is 11.5 Å². The van der Waals surface area contributed by atoms with E-state index in [1.54, 1.807) is 30.6 Å². The molecule has 2 atom stereocenters. The van der Waals surface area contributed by atoms with Gasteiger partial charge in [-0.2, -0.15) is 0 Å². The Kier molecular flexibility index (Phi) is 11.4. The van der Waals surface area contributed by atoms with Crippen molar-refractivity contribution in [2.75, 3.05) is 53.0 Å². The van der Waals surface area contributed by atoms with Gasteiger partial charge in [0.25, 0.3) is 0 Å². The first-order chi connectivity index (χ1) is 27.3. The lowest BCUT2D eigenvalue weighted by Gasteiger charge is -2.34. The monoisotopic (exact) mass is 775 g/mol. The van der Waals surface area contributed by atoms with Gasteiger partial charge >= 0.3 is 0 Å². The van der Waals surface area contributed by atoms with Crippen LogP contribution in [0, 0.1) is 17.7 Å². The molecule has 290 valence electrons. The van der Waals surface area contributed by atoms with E-state index < -0.39 is 5.92 Å². The lowest BCUT2D eigenvalue weighted by Crippen LogP contribution is -2.47. The highest BCUT2D eigenvalue weighted by molar-refractivity contribution is 7.22. The first-order valence-corrected chi connectivity index (χ1v) is 20.3. The van der Waals surface area contributed by atoms with E-state index in [4.69, 9.17) is 14.2 Å². The average molecular weight is 776 g/mol. The van der Waals surface area contributed by atoms with Crippen molar-refractivity contribution < 1.29 is 33.0 Å². The Bertz CT molecular complexity index is 2210. The number of halogens is 1. The number of carbonyl (C=O) groups is 3. The molecule has 8 rings (SSSR count). The predicted octanol–water partition coefficient (Wildman–Crippen LogP) is 7.94. The van der Waals surface area contributed by atoms with Crippen LogP contribution < -0.4 is 19.5 Å². The van der Waals surface area contributed by atoms with Crippen molar-refractivity contribution in [1.82, 2.24) is 15.1 Å². The molecule has 1 aromatic heterocycles. The third kappa shape index (κ3) is 8.50. The normalized spacial score (nSPS) is 18.9. The van der Waals surface area contributed by atoms with Crippen molar-refractivity contribution in [2.45, 2.75) is 38.5 Å². The molecule has 0 bridgehead atoms. The van der Waals surface area contributed by atoms with E-state index in [1.807, 2.05) is 48.5 Å². The number of thiophene rings is 1. The van der Waals surface area contributed by atoms with Crippen LogP contribution in [0.2, 0.25) is 0 Å². The number of amides is 2. The lowest BCUT2D eigenvalue weighted by molar-refractivity contribution is -0.137. The number of methoxy groups -OCH3 is 1. The van der Waals surface area contributed by atoms with Crippen LogP contribution in [0.15, 0.2) is 84.9 Å². The van der Waals surface area contributed by atoms with Gasteiger partial charge in [-0.25, -0.2) is 4.39 Å². The van der Waals surface area contributed by atoms with Gasteiger partial charge in [-0.05, 0) is 110 Å². The van der Waals surface area contributed by atoms with Gasteiger partial charge in [-0.1, -0.05) is 30.3 Å².